The van der Waals surface area contributed by atoms with Crippen LogP contribution in [0.15, 0.2) is 24.3 Å². The number of nitrogens with one attached hydrogen (secondary N) is 1. The first-order chi connectivity index (χ1) is 10.2. The van der Waals surface area contributed by atoms with E-state index in [-0.39, 0.29) is 35.8 Å². The van der Waals surface area contributed by atoms with Crippen LogP contribution in [0.3, 0.4) is 0 Å². The van der Waals surface area contributed by atoms with Crippen LogP contribution in [0.1, 0.15) is 44.2 Å². The first-order valence-corrected chi connectivity index (χ1v) is 8.36. The van der Waals surface area contributed by atoms with Crippen LogP contribution in [-0.4, -0.2) is 44.6 Å². The molecule has 1 rings (SSSR count). The summed E-state index contributed by atoms with van der Waals surface area (Å²) in [5.74, 6) is 0.697. The molecule has 0 saturated heterocycles. The molecule has 132 valence electrons. The maximum absolute atomic E-state index is 12.2. The van der Waals surface area contributed by atoms with E-state index in [1.807, 2.05) is 6.92 Å². The summed E-state index contributed by atoms with van der Waals surface area (Å²) in [7, 11) is 6.51. The fraction of sp³-hybridized carbons (Fsp3) is 0.632. The number of amides is 1. The molecule has 0 heterocycles. The Morgan fingerprint density at radius 3 is 2.13 bits per heavy atom. The molecule has 0 unspecified atom stereocenters. The monoisotopic (exact) mass is 432 g/mol. The number of benzene rings is 1. The number of carbonyl (C=O) groups excluding carboxylic acids is 1. The lowest BCUT2D eigenvalue weighted by molar-refractivity contribution is -0.870. The number of hydrogen-bond donors (Lipinski definition) is 1. The highest BCUT2D eigenvalue weighted by molar-refractivity contribution is 5.83. The molecule has 4 heteroatoms. The minimum absolute atomic E-state index is 0. The lowest BCUT2D eigenvalue weighted by atomic mass is 9.96. The molecule has 23 heavy (non-hydrogen) atoms. The maximum atomic E-state index is 12.2. The van der Waals surface area contributed by atoms with Crippen LogP contribution in [0.5, 0.6) is 0 Å². The Labute approximate surface area is 159 Å². The fourth-order valence-corrected chi connectivity index (χ4v) is 2.48. The molecular weight excluding hydrogens is 399 g/mol. The molecule has 1 aromatic rings. The summed E-state index contributed by atoms with van der Waals surface area (Å²) in [6.45, 7) is 8.25. The second-order valence-electron chi connectivity index (χ2n) is 7.72. The number of halogens is 1. The minimum atomic E-state index is -0.0859. The normalized spacial score (nSPS) is 12.7. The van der Waals surface area contributed by atoms with Crippen molar-refractivity contribution >= 4 is 5.91 Å². The molecule has 0 saturated carbocycles. The zero-order valence-electron chi connectivity index (χ0n) is 15.5. The predicted octanol–water partition coefficient (Wildman–Crippen LogP) is 0.205. The van der Waals surface area contributed by atoms with Gasteiger partial charge in [0.25, 0.3) is 0 Å². The van der Waals surface area contributed by atoms with E-state index in [0.29, 0.717) is 5.92 Å². The van der Waals surface area contributed by atoms with Gasteiger partial charge in [-0.3, -0.25) is 4.79 Å². The predicted molar refractivity (Wildman–Crippen MR) is 93.9 cm³/mol. The van der Waals surface area contributed by atoms with Gasteiger partial charge in [0.05, 0.1) is 33.6 Å². The van der Waals surface area contributed by atoms with Crippen LogP contribution in [-0.2, 0) is 11.2 Å². The van der Waals surface area contributed by atoms with Gasteiger partial charge in [-0.15, -0.1) is 0 Å². The summed E-state index contributed by atoms with van der Waals surface area (Å²) < 4.78 is 0.933. The Morgan fingerprint density at radius 1 is 1.09 bits per heavy atom. The summed E-state index contributed by atoms with van der Waals surface area (Å²) in [4.78, 5) is 12.2. The van der Waals surface area contributed by atoms with Gasteiger partial charge in [-0.05, 0) is 30.4 Å². The van der Waals surface area contributed by atoms with Crippen molar-refractivity contribution < 1.29 is 33.3 Å². The van der Waals surface area contributed by atoms with Crippen LogP contribution < -0.4 is 29.3 Å². The molecule has 0 fully saturated rings. The van der Waals surface area contributed by atoms with Gasteiger partial charge in [-0.1, -0.05) is 38.1 Å². The average molecular weight is 432 g/mol. The molecule has 0 aliphatic rings. The van der Waals surface area contributed by atoms with Crippen molar-refractivity contribution in [2.45, 2.75) is 39.5 Å². The van der Waals surface area contributed by atoms with E-state index >= 15 is 0 Å². The zero-order valence-corrected chi connectivity index (χ0v) is 17.7. The highest BCUT2D eigenvalue weighted by Crippen LogP contribution is 2.17. The molecule has 1 aromatic carbocycles. The molecule has 0 aromatic heterocycles. The quantitative estimate of drug-likeness (QED) is 0.355. The molecule has 0 aliphatic heterocycles. The van der Waals surface area contributed by atoms with Gasteiger partial charge in [-0.2, -0.15) is 0 Å². The molecule has 3 nitrogen and oxygen atoms in total. The molecule has 0 bridgehead atoms. The fourth-order valence-electron chi connectivity index (χ4n) is 2.48. The number of quaternary nitrogens is 1. The third kappa shape index (κ3) is 9.30. The largest absolute Gasteiger partial charge is 1.00 e. The molecule has 1 atom stereocenters. The van der Waals surface area contributed by atoms with Crippen LogP contribution in [0.2, 0.25) is 0 Å². The summed E-state index contributed by atoms with van der Waals surface area (Å²) in [5.41, 5.74) is 2.44. The van der Waals surface area contributed by atoms with Gasteiger partial charge in [0.1, 0.15) is 0 Å². The van der Waals surface area contributed by atoms with E-state index in [2.05, 4.69) is 64.6 Å². The van der Waals surface area contributed by atoms with Gasteiger partial charge in [0, 0.05) is 13.0 Å². The summed E-state index contributed by atoms with van der Waals surface area (Å²) >= 11 is 0. The second-order valence-corrected chi connectivity index (χ2v) is 7.72. The Bertz CT molecular complexity index is 463. The first-order valence-electron chi connectivity index (χ1n) is 8.36. The Morgan fingerprint density at radius 2 is 1.65 bits per heavy atom. The van der Waals surface area contributed by atoms with E-state index in [4.69, 9.17) is 0 Å². The number of rotatable bonds is 8. The van der Waals surface area contributed by atoms with Gasteiger partial charge in [0.2, 0.25) is 5.91 Å². The Kier molecular flexibility index (Phi) is 10.0. The Hall–Kier alpha value is -0.620. The maximum Gasteiger partial charge on any atom is 0.227 e. The van der Waals surface area contributed by atoms with Crippen molar-refractivity contribution in [3.8, 4) is 0 Å². The molecule has 1 amide bonds. The van der Waals surface area contributed by atoms with Crippen molar-refractivity contribution in [3.05, 3.63) is 35.4 Å². The molecule has 0 radical (unpaired) electrons. The highest BCUT2D eigenvalue weighted by atomic mass is 127. The van der Waals surface area contributed by atoms with Crippen molar-refractivity contribution in [1.29, 1.82) is 0 Å². The minimum Gasteiger partial charge on any atom is -1.00 e. The molecule has 1 N–H and O–H groups in total. The first kappa shape index (κ1) is 22.4. The van der Waals surface area contributed by atoms with Crippen LogP contribution in [0.4, 0.5) is 0 Å². The van der Waals surface area contributed by atoms with Crippen LogP contribution >= 0.6 is 0 Å². The lowest BCUT2D eigenvalue weighted by Gasteiger charge is -2.23. The van der Waals surface area contributed by atoms with Crippen LogP contribution in [0, 0.1) is 5.92 Å². The number of hydrogen-bond acceptors (Lipinski definition) is 1. The smallest absolute Gasteiger partial charge is 0.227 e. The SMILES string of the molecule is CC(C)Cc1ccc([C@@H](C)C(=O)NCCC[N+](C)(C)C)cc1.[I-]. The van der Waals surface area contributed by atoms with E-state index < -0.39 is 0 Å². The van der Waals surface area contributed by atoms with E-state index in [1.54, 1.807) is 0 Å². The van der Waals surface area contributed by atoms with Crippen molar-refractivity contribution in [2.75, 3.05) is 34.2 Å². The van der Waals surface area contributed by atoms with Crippen molar-refractivity contribution in [2.24, 2.45) is 5.92 Å². The second kappa shape index (κ2) is 10.3. The molecule has 0 spiro atoms. The van der Waals surface area contributed by atoms with E-state index in [1.165, 1.54) is 5.56 Å². The van der Waals surface area contributed by atoms with Crippen LogP contribution in [0.25, 0.3) is 0 Å². The van der Waals surface area contributed by atoms with Gasteiger partial charge in [0.15, 0.2) is 0 Å². The third-order valence-corrected chi connectivity index (χ3v) is 3.82. The Balaban J connectivity index is 0.00000484. The topological polar surface area (TPSA) is 29.1 Å². The standard InChI is InChI=1S/C19H32N2O.HI/c1-15(2)14-17-8-10-18(11-9-17)16(3)19(22)20-12-7-13-21(4,5)6;/h8-11,15-16H,7,12-14H2,1-6H3;1H/t16-;/m1./s1. The van der Waals surface area contributed by atoms with Gasteiger partial charge >= 0.3 is 0 Å². The summed E-state index contributed by atoms with van der Waals surface area (Å²) in [6.07, 6.45) is 2.10. The summed E-state index contributed by atoms with van der Waals surface area (Å²) in [5, 5.41) is 3.05. The number of nitrogens with zero attached hydrogens (tertiary/aromatic N) is 1. The van der Waals surface area contributed by atoms with Crippen molar-refractivity contribution in [1.82, 2.24) is 5.32 Å². The van der Waals surface area contributed by atoms with Crippen molar-refractivity contribution in [3.63, 3.8) is 0 Å². The lowest BCUT2D eigenvalue weighted by Crippen LogP contribution is -3.00. The van der Waals surface area contributed by atoms with E-state index in [0.717, 1.165) is 36.0 Å². The highest BCUT2D eigenvalue weighted by Gasteiger charge is 2.15. The van der Waals surface area contributed by atoms with E-state index in [9.17, 15) is 4.79 Å². The van der Waals surface area contributed by atoms with Gasteiger partial charge in [-0.25, -0.2) is 0 Å². The van der Waals surface area contributed by atoms with Gasteiger partial charge < -0.3 is 33.8 Å². The third-order valence-electron chi connectivity index (χ3n) is 3.82. The number of carbonyl (C=O) groups is 1. The molecular formula is C19H33IN2O. The summed E-state index contributed by atoms with van der Waals surface area (Å²) in [6, 6.07) is 8.48. The average Bonchev–Trinajstić information content (AvgIpc) is 2.41. The molecule has 0 aliphatic carbocycles. The zero-order chi connectivity index (χ0) is 16.8.